The number of anilines is 1. The zero-order chi connectivity index (χ0) is 30.3. The first-order valence-corrected chi connectivity index (χ1v) is 13.7. The predicted octanol–water partition coefficient (Wildman–Crippen LogP) is 2.67. The van der Waals surface area contributed by atoms with Gasteiger partial charge >= 0.3 is 11.9 Å². The Morgan fingerprint density at radius 3 is 2.34 bits per heavy atom. The van der Waals surface area contributed by atoms with Crippen LogP contribution in [0.4, 0.5) is 10.5 Å². The van der Waals surface area contributed by atoms with Crippen molar-refractivity contribution in [3.05, 3.63) is 77.0 Å². The number of carbonyl (C=O) groups excluding carboxylic acids is 4. The van der Waals surface area contributed by atoms with Gasteiger partial charge in [0, 0.05) is 30.4 Å². The number of amides is 5. The minimum absolute atomic E-state index is 0.199. The maximum absolute atomic E-state index is 13.9. The van der Waals surface area contributed by atoms with Crippen LogP contribution in [-0.4, -0.2) is 53.5 Å². The number of hydrogen-bond donors (Lipinski definition) is 5. The molecule has 0 saturated heterocycles. The van der Waals surface area contributed by atoms with Gasteiger partial charge in [0.25, 0.3) is 0 Å². The van der Waals surface area contributed by atoms with Crippen LogP contribution >= 0.6 is 0 Å². The quantitative estimate of drug-likeness (QED) is 0.236. The van der Waals surface area contributed by atoms with Gasteiger partial charge in [0.2, 0.25) is 11.8 Å². The van der Waals surface area contributed by atoms with Gasteiger partial charge in [-0.05, 0) is 76.3 Å². The largest absolute Gasteiger partial charge is 0.341 e. The summed E-state index contributed by atoms with van der Waals surface area (Å²) >= 11 is 0. The minimum atomic E-state index is -0.545. The lowest BCUT2D eigenvalue weighted by molar-refractivity contribution is -0.668. The number of allylic oxidation sites excluding steroid dienone is 1. The first-order chi connectivity index (χ1) is 19.3. The molecule has 0 saturated carbocycles. The van der Waals surface area contributed by atoms with Crippen molar-refractivity contribution in [3.8, 4) is 0 Å². The highest BCUT2D eigenvalue weighted by atomic mass is 16.2. The van der Waals surface area contributed by atoms with Crippen molar-refractivity contribution in [1.82, 2.24) is 15.5 Å². The Morgan fingerprint density at radius 2 is 1.73 bits per heavy atom. The molecule has 2 atom stereocenters. The molecule has 3 rings (SSSR count). The average molecular weight is 562 g/mol. The van der Waals surface area contributed by atoms with Gasteiger partial charge in [-0.2, -0.15) is 0 Å². The number of hydrogen-bond acceptors (Lipinski definition) is 5. The fraction of sp³-hybridized carbons (Fsp3) is 0.387. The topological polar surface area (TPSA) is 148 Å². The Kier molecular flexibility index (Phi) is 10.2. The van der Waals surface area contributed by atoms with E-state index < -0.39 is 12.1 Å². The molecule has 1 unspecified atom stereocenters. The lowest BCUT2D eigenvalue weighted by Gasteiger charge is -2.30. The standard InChI is InChI=1S/C31H40N6O4/c1-19(32)14-26(36-31(3,4)5)29(40)37(20(2)21-10-8-7-9-11-21)18-27(38)34-25-13-12-22-15-24(16-23(22)17-25)28(39)35-30(41)33-6/h7-14,17,20,24,32,36H,15-16,18H2,1-6H3,(H,34,38)(H2,33,35,39,41)/p+1/b26-14-,32-19?/t20-,24?/m1/s1. The number of imide groups is 1. The van der Waals surface area contributed by atoms with Crippen LogP contribution in [0.25, 0.3) is 0 Å². The third-order valence-corrected chi connectivity index (χ3v) is 6.79. The maximum atomic E-state index is 13.9. The minimum Gasteiger partial charge on any atom is -0.341 e. The number of benzene rings is 2. The molecule has 0 fully saturated rings. The molecule has 2 aromatic rings. The van der Waals surface area contributed by atoms with Crippen LogP contribution < -0.4 is 21.3 Å². The van der Waals surface area contributed by atoms with Crippen molar-refractivity contribution < 1.29 is 24.5 Å². The number of carbonyl (C=O) groups is 4. The molecule has 10 nitrogen and oxygen atoms in total. The molecule has 218 valence electrons. The van der Waals surface area contributed by atoms with E-state index in [-0.39, 0.29) is 41.4 Å². The number of rotatable bonds is 9. The fourth-order valence-corrected chi connectivity index (χ4v) is 4.84. The second-order valence-corrected chi connectivity index (χ2v) is 11.5. The summed E-state index contributed by atoms with van der Waals surface area (Å²) < 4.78 is 0. The lowest BCUT2D eigenvalue weighted by Crippen LogP contribution is -2.94. The number of urea groups is 1. The molecule has 1 aliphatic rings. The number of nitrogens with one attached hydrogen (secondary N) is 4. The highest BCUT2D eigenvalue weighted by Crippen LogP contribution is 2.29. The van der Waals surface area contributed by atoms with Crippen LogP contribution in [-0.2, 0) is 27.2 Å². The zero-order valence-corrected chi connectivity index (χ0v) is 24.6. The van der Waals surface area contributed by atoms with E-state index in [1.165, 1.54) is 18.0 Å². The van der Waals surface area contributed by atoms with Crippen LogP contribution in [0.15, 0.2) is 60.3 Å². The molecule has 0 aromatic heterocycles. The molecule has 6 N–H and O–H groups in total. The van der Waals surface area contributed by atoms with Crippen LogP contribution in [0.5, 0.6) is 0 Å². The van der Waals surface area contributed by atoms with Crippen molar-refractivity contribution in [3.63, 3.8) is 0 Å². The summed E-state index contributed by atoms with van der Waals surface area (Å²) in [7, 11) is 1.45. The second kappa shape index (κ2) is 13.4. The van der Waals surface area contributed by atoms with Gasteiger partial charge in [0.15, 0.2) is 5.70 Å². The third kappa shape index (κ3) is 8.84. The molecule has 0 bridgehead atoms. The smallest absolute Gasteiger partial charge is 0.321 e. The highest BCUT2D eigenvalue weighted by Gasteiger charge is 2.32. The van der Waals surface area contributed by atoms with Gasteiger partial charge in [-0.3, -0.25) is 19.7 Å². The molecule has 10 heteroatoms. The first-order valence-electron chi connectivity index (χ1n) is 13.7. The van der Waals surface area contributed by atoms with Crippen LogP contribution in [0.2, 0.25) is 0 Å². The van der Waals surface area contributed by atoms with Gasteiger partial charge in [0.1, 0.15) is 6.54 Å². The van der Waals surface area contributed by atoms with E-state index in [4.69, 9.17) is 5.41 Å². The Labute approximate surface area is 241 Å². The third-order valence-electron chi connectivity index (χ3n) is 6.79. The predicted molar refractivity (Wildman–Crippen MR) is 158 cm³/mol. The molecule has 0 heterocycles. The molecular weight excluding hydrogens is 520 g/mol. The Bertz CT molecular complexity index is 1350. The molecular formula is C31H41N6O4+. The van der Waals surface area contributed by atoms with Crippen LogP contribution in [0.1, 0.15) is 57.4 Å². The van der Waals surface area contributed by atoms with Crippen molar-refractivity contribution in [2.24, 2.45) is 5.92 Å². The van der Waals surface area contributed by atoms with E-state index in [0.29, 0.717) is 24.2 Å². The van der Waals surface area contributed by atoms with E-state index in [0.717, 1.165) is 16.7 Å². The summed E-state index contributed by atoms with van der Waals surface area (Å²) in [6.07, 6.45) is 2.50. The first kappa shape index (κ1) is 31.2. The van der Waals surface area contributed by atoms with Crippen molar-refractivity contribution in [2.75, 3.05) is 18.9 Å². The number of fused-ring (bicyclic) bond motifs is 1. The van der Waals surface area contributed by atoms with E-state index in [1.807, 2.05) is 75.5 Å². The summed E-state index contributed by atoms with van der Waals surface area (Å²) in [5, 5.41) is 17.4. The average Bonchev–Trinajstić information content (AvgIpc) is 3.33. The Morgan fingerprint density at radius 1 is 1.07 bits per heavy atom. The Hall–Kier alpha value is -4.31. The number of nitrogens with zero attached hydrogens (tertiary/aromatic N) is 1. The highest BCUT2D eigenvalue weighted by molar-refractivity contribution is 6.02. The SMILES string of the molecule is CNC(=O)NC(=O)C1Cc2ccc(NC(=O)CN(C(=O)/C(=C/C(C)=N)[NH2+]C(C)(C)C)[C@H](C)c3ccccc3)cc2C1. The molecule has 0 aliphatic heterocycles. The van der Waals surface area contributed by atoms with E-state index >= 15 is 0 Å². The summed E-state index contributed by atoms with van der Waals surface area (Å²) in [4.78, 5) is 52.7. The monoisotopic (exact) mass is 561 g/mol. The summed E-state index contributed by atoms with van der Waals surface area (Å²) in [5.74, 6) is -1.41. The van der Waals surface area contributed by atoms with Crippen LogP contribution in [0.3, 0.4) is 0 Å². The molecule has 0 radical (unpaired) electrons. The zero-order valence-electron chi connectivity index (χ0n) is 24.6. The van der Waals surface area contributed by atoms with Crippen molar-refractivity contribution >= 4 is 35.2 Å². The molecule has 1 aliphatic carbocycles. The molecule has 41 heavy (non-hydrogen) atoms. The van der Waals surface area contributed by atoms with Gasteiger partial charge in [-0.1, -0.05) is 36.4 Å². The lowest BCUT2D eigenvalue weighted by atomic mass is 10.0. The molecule has 2 aromatic carbocycles. The molecule has 5 amide bonds. The van der Waals surface area contributed by atoms with Gasteiger partial charge in [-0.15, -0.1) is 0 Å². The normalized spacial score (nSPS) is 15.4. The summed E-state index contributed by atoms with van der Waals surface area (Å²) in [6, 6.07) is 14.0. The maximum Gasteiger partial charge on any atom is 0.321 e. The van der Waals surface area contributed by atoms with E-state index in [1.54, 1.807) is 13.0 Å². The van der Waals surface area contributed by atoms with Gasteiger partial charge < -0.3 is 26.3 Å². The van der Waals surface area contributed by atoms with Gasteiger partial charge in [-0.25, -0.2) is 4.79 Å². The number of nitrogens with two attached hydrogens (primary N) is 1. The fourth-order valence-electron chi connectivity index (χ4n) is 4.84. The van der Waals surface area contributed by atoms with Crippen LogP contribution in [0, 0.1) is 11.3 Å². The Balaban J connectivity index is 1.80. The summed E-state index contributed by atoms with van der Waals surface area (Å²) in [6.45, 7) is 9.23. The summed E-state index contributed by atoms with van der Waals surface area (Å²) in [5.41, 5.74) is 3.65. The number of quaternary nitrogens is 1. The van der Waals surface area contributed by atoms with Crippen molar-refractivity contribution in [1.29, 1.82) is 5.41 Å². The van der Waals surface area contributed by atoms with Crippen molar-refractivity contribution in [2.45, 2.75) is 59.0 Å². The van der Waals surface area contributed by atoms with E-state index in [2.05, 4.69) is 16.0 Å². The second-order valence-electron chi connectivity index (χ2n) is 11.5. The molecule has 0 spiro atoms. The van der Waals surface area contributed by atoms with Gasteiger partial charge in [0.05, 0.1) is 11.6 Å². The van der Waals surface area contributed by atoms with E-state index in [9.17, 15) is 19.2 Å².